The van der Waals surface area contributed by atoms with Crippen molar-refractivity contribution < 1.29 is 9.50 Å². The van der Waals surface area contributed by atoms with Gasteiger partial charge < -0.3 is 5.11 Å². The van der Waals surface area contributed by atoms with E-state index >= 15 is 0 Å². The standard InChI is InChI=1S/C14H16FN3O/c15-11-3-1-10(2-4-11)14-7-13(19)9-18(14)8-12-5-6-16-17-12/h1-6,13-14,19H,7-9H2,(H,16,17)/t13-,14+/m1/s1. The summed E-state index contributed by atoms with van der Waals surface area (Å²) < 4.78 is 13.0. The minimum atomic E-state index is -0.335. The predicted molar refractivity (Wildman–Crippen MR) is 68.8 cm³/mol. The molecule has 1 aromatic carbocycles. The summed E-state index contributed by atoms with van der Waals surface area (Å²) in [5.41, 5.74) is 2.05. The van der Waals surface area contributed by atoms with Crippen LogP contribution in [0.1, 0.15) is 23.7 Å². The van der Waals surface area contributed by atoms with Crippen molar-refractivity contribution in [3.05, 3.63) is 53.6 Å². The Morgan fingerprint density at radius 2 is 2.11 bits per heavy atom. The number of rotatable bonds is 3. The highest BCUT2D eigenvalue weighted by molar-refractivity contribution is 5.21. The number of β-amino-alcohol motifs (C(OH)–C–C–N with tert-alkyl or cyclic N) is 1. The van der Waals surface area contributed by atoms with Crippen LogP contribution in [0.3, 0.4) is 0 Å². The van der Waals surface area contributed by atoms with Crippen molar-refractivity contribution in [1.82, 2.24) is 15.1 Å². The molecular formula is C14H16FN3O. The number of aromatic amines is 1. The second-order valence-corrected chi connectivity index (χ2v) is 4.97. The average Bonchev–Trinajstić information content (AvgIpc) is 3.01. The Bertz CT molecular complexity index is 526. The van der Waals surface area contributed by atoms with Crippen LogP contribution in [0.2, 0.25) is 0 Å². The molecule has 0 bridgehead atoms. The molecule has 3 rings (SSSR count). The first-order valence-corrected chi connectivity index (χ1v) is 6.38. The van der Waals surface area contributed by atoms with Gasteiger partial charge in [0.15, 0.2) is 0 Å². The van der Waals surface area contributed by atoms with Crippen LogP contribution in [0.5, 0.6) is 0 Å². The number of nitrogens with zero attached hydrogens (tertiary/aromatic N) is 2. The molecule has 2 aromatic rings. The number of H-pyrrole nitrogens is 1. The van der Waals surface area contributed by atoms with Gasteiger partial charge in [-0.2, -0.15) is 5.10 Å². The lowest BCUT2D eigenvalue weighted by atomic mass is 10.0. The third kappa shape index (κ3) is 2.67. The summed E-state index contributed by atoms with van der Waals surface area (Å²) in [4.78, 5) is 2.19. The Morgan fingerprint density at radius 3 is 2.79 bits per heavy atom. The molecule has 1 saturated heterocycles. The van der Waals surface area contributed by atoms with Crippen molar-refractivity contribution in [3.63, 3.8) is 0 Å². The maximum absolute atomic E-state index is 13.0. The smallest absolute Gasteiger partial charge is 0.123 e. The zero-order valence-corrected chi connectivity index (χ0v) is 10.5. The first-order valence-electron chi connectivity index (χ1n) is 6.38. The van der Waals surface area contributed by atoms with Crippen LogP contribution in [0, 0.1) is 5.82 Å². The van der Waals surface area contributed by atoms with Gasteiger partial charge in [-0.05, 0) is 30.2 Å². The number of aromatic nitrogens is 2. The van der Waals surface area contributed by atoms with E-state index in [1.807, 2.05) is 6.07 Å². The van der Waals surface area contributed by atoms with E-state index in [1.54, 1.807) is 18.3 Å². The van der Waals surface area contributed by atoms with E-state index in [0.29, 0.717) is 19.5 Å². The fraction of sp³-hybridized carbons (Fsp3) is 0.357. The highest BCUT2D eigenvalue weighted by Gasteiger charge is 2.32. The quantitative estimate of drug-likeness (QED) is 0.886. The van der Waals surface area contributed by atoms with Gasteiger partial charge in [-0.3, -0.25) is 10.00 Å². The second kappa shape index (κ2) is 5.11. The topological polar surface area (TPSA) is 52.1 Å². The first-order chi connectivity index (χ1) is 9.22. The summed E-state index contributed by atoms with van der Waals surface area (Å²) in [6.07, 6.45) is 2.06. The maximum atomic E-state index is 13.0. The van der Waals surface area contributed by atoms with E-state index < -0.39 is 0 Å². The summed E-state index contributed by atoms with van der Waals surface area (Å²) >= 11 is 0. The Kier molecular flexibility index (Phi) is 3.31. The Labute approximate surface area is 110 Å². The van der Waals surface area contributed by atoms with Crippen LogP contribution in [0.15, 0.2) is 36.5 Å². The number of hydrogen-bond donors (Lipinski definition) is 2. The Hall–Kier alpha value is -1.72. The van der Waals surface area contributed by atoms with Crippen LogP contribution in [-0.2, 0) is 6.54 Å². The van der Waals surface area contributed by atoms with Gasteiger partial charge in [0.05, 0.1) is 6.10 Å². The average molecular weight is 261 g/mol. The van der Waals surface area contributed by atoms with Crippen molar-refractivity contribution in [2.75, 3.05) is 6.54 Å². The molecule has 2 N–H and O–H groups in total. The third-order valence-electron chi connectivity index (χ3n) is 3.57. The summed E-state index contributed by atoms with van der Waals surface area (Å²) in [6, 6.07) is 8.56. The van der Waals surface area contributed by atoms with Gasteiger partial charge in [-0.15, -0.1) is 0 Å². The van der Waals surface area contributed by atoms with E-state index in [2.05, 4.69) is 15.1 Å². The Balaban J connectivity index is 1.80. The molecule has 1 aliphatic heterocycles. The minimum absolute atomic E-state index is 0.124. The minimum Gasteiger partial charge on any atom is -0.392 e. The molecule has 0 radical (unpaired) electrons. The van der Waals surface area contributed by atoms with Crippen molar-refractivity contribution in [3.8, 4) is 0 Å². The molecule has 0 spiro atoms. The summed E-state index contributed by atoms with van der Waals surface area (Å²) in [5.74, 6) is -0.234. The molecule has 5 heteroatoms. The zero-order chi connectivity index (χ0) is 13.2. The van der Waals surface area contributed by atoms with Crippen molar-refractivity contribution in [2.45, 2.75) is 25.1 Å². The zero-order valence-electron chi connectivity index (χ0n) is 10.5. The van der Waals surface area contributed by atoms with Crippen molar-refractivity contribution in [2.24, 2.45) is 0 Å². The van der Waals surface area contributed by atoms with E-state index in [0.717, 1.165) is 11.3 Å². The molecule has 0 unspecified atom stereocenters. The van der Waals surface area contributed by atoms with Gasteiger partial charge in [0, 0.05) is 31.0 Å². The third-order valence-corrected chi connectivity index (χ3v) is 3.57. The number of aliphatic hydroxyl groups excluding tert-OH is 1. The van der Waals surface area contributed by atoms with Crippen molar-refractivity contribution in [1.29, 1.82) is 0 Å². The molecule has 4 nitrogen and oxygen atoms in total. The van der Waals surface area contributed by atoms with Crippen LogP contribution in [-0.4, -0.2) is 32.9 Å². The number of nitrogens with one attached hydrogen (secondary N) is 1. The number of hydrogen-bond acceptors (Lipinski definition) is 3. The van der Waals surface area contributed by atoms with Crippen LogP contribution in [0.4, 0.5) is 4.39 Å². The van der Waals surface area contributed by atoms with Gasteiger partial charge in [0.25, 0.3) is 0 Å². The number of aliphatic hydroxyl groups is 1. The van der Waals surface area contributed by atoms with E-state index in [4.69, 9.17) is 0 Å². The molecule has 19 heavy (non-hydrogen) atoms. The molecule has 2 atom stereocenters. The fourth-order valence-electron chi connectivity index (χ4n) is 2.68. The molecule has 0 aliphatic carbocycles. The van der Waals surface area contributed by atoms with E-state index in [1.165, 1.54) is 12.1 Å². The first kappa shape index (κ1) is 12.3. The van der Waals surface area contributed by atoms with Gasteiger partial charge in [-0.1, -0.05) is 12.1 Å². The number of halogens is 1. The largest absolute Gasteiger partial charge is 0.392 e. The number of benzene rings is 1. The van der Waals surface area contributed by atoms with E-state index in [-0.39, 0.29) is 18.0 Å². The summed E-state index contributed by atoms with van der Waals surface area (Å²) in [6.45, 7) is 1.33. The highest BCUT2D eigenvalue weighted by Crippen LogP contribution is 2.33. The summed E-state index contributed by atoms with van der Waals surface area (Å²) in [7, 11) is 0. The van der Waals surface area contributed by atoms with Gasteiger partial charge in [-0.25, -0.2) is 4.39 Å². The molecule has 2 heterocycles. The molecule has 1 aliphatic rings. The second-order valence-electron chi connectivity index (χ2n) is 4.97. The SMILES string of the molecule is O[C@@H]1C[C@@H](c2ccc(F)cc2)N(Cc2ccn[nH]2)C1. The van der Waals surface area contributed by atoms with Crippen molar-refractivity contribution >= 4 is 0 Å². The van der Waals surface area contributed by atoms with Gasteiger partial charge in [0.2, 0.25) is 0 Å². The highest BCUT2D eigenvalue weighted by atomic mass is 19.1. The van der Waals surface area contributed by atoms with E-state index in [9.17, 15) is 9.50 Å². The fourth-order valence-corrected chi connectivity index (χ4v) is 2.68. The number of likely N-dealkylation sites (tertiary alicyclic amines) is 1. The molecular weight excluding hydrogens is 245 g/mol. The Morgan fingerprint density at radius 1 is 1.32 bits per heavy atom. The predicted octanol–water partition coefficient (Wildman–Crippen LogP) is 1.86. The molecule has 0 amide bonds. The lowest BCUT2D eigenvalue weighted by Crippen LogP contribution is -2.24. The maximum Gasteiger partial charge on any atom is 0.123 e. The lowest BCUT2D eigenvalue weighted by Gasteiger charge is -2.23. The molecule has 0 saturated carbocycles. The lowest BCUT2D eigenvalue weighted by molar-refractivity contribution is 0.172. The molecule has 1 aromatic heterocycles. The monoisotopic (exact) mass is 261 g/mol. The van der Waals surface area contributed by atoms with Gasteiger partial charge >= 0.3 is 0 Å². The van der Waals surface area contributed by atoms with Crippen LogP contribution >= 0.6 is 0 Å². The molecule has 100 valence electrons. The normalized spacial score (nSPS) is 23.9. The van der Waals surface area contributed by atoms with Crippen LogP contribution in [0.25, 0.3) is 0 Å². The molecule has 1 fully saturated rings. The summed E-state index contributed by atoms with van der Waals surface area (Å²) in [5, 5.41) is 16.7. The van der Waals surface area contributed by atoms with Gasteiger partial charge in [0.1, 0.15) is 5.82 Å². The van der Waals surface area contributed by atoms with Crippen LogP contribution < -0.4 is 0 Å².